The van der Waals surface area contributed by atoms with Gasteiger partial charge in [0.15, 0.2) is 11.5 Å². The number of benzene rings is 1. The van der Waals surface area contributed by atoms with Gasteiger partial charge in [0.25, 0.3) is 0 Å². The van der Waals surface area contributed by atoms with Gasteiger partial charge in [-0.15, -0.1) is 0 Å². The minimum absolute atomic E-state index is 0.110. The molecule has 16 heavy (non-hydrogen) atoms. The third-order valence-corrected chi connectivity index (χ3v) is 3.28. The van der Waals surface area contributed by atoms with Gasteiger partial charge in [0, 0.05) is 16.1 Å². The molecule has 1 aromatic carbocycles. The number of hydrogen-bond acceptors (Lipinski definition) is 3. The minimum atomic E-state index is -0.267. The summed E-state index contributed by atoms with van der Waals surface area (Å²) in [5.74, 6) is 0.553. The van der Waals surface area contributed by atoms with Crippen molar-refractivity contribution in [3.8, 4) is 11.5 Å². The van der Waals surface area contributed by atoms with Crippen LogP contribution in [0.3, 0.4) is 0 Å². The van der Waals surface area contributed by atoms with Gasteiger partial charge in [-0.25, -0.2) is 0 Å². The topological polar surface area (TPSA) is 55.5 Å². The Kier molecular flexibility index (Phi) is 3.86. The van der Waals surface area contributed by atoms with Crippen molar-refractivity contribution in [2.75, 3.05) is 7.11 Å². The Hall–Kier alpha value is -0.740. The predicted molar refractivity (Wildman–Crippen MR) is 68.7 cm³/mol. The summed E-state index contributed by atoms with van der Waals surface area (Å²) in [6.45, 7) is 6.09. The molecule has 0 heterocycles. The summed E-state index contributed by atoms with van der Waals surface area (Å²) in [4.78, 5) is 0. The third kappa shape index (κ3) is 2.50. The Balaban J connectivity index is 3.32. The zero-order valence-electron chi connectivity index (χ0n) is 10.0. The Morgan fingerprint density at radius 3 is 2.38 bits per heavy atom. The lowest BCUT2D eigenvalue weighted by molar-refractivity contribution is 0.309. The normalized spacial score (nSPS) is 13.6. The molecule has 1 rings (SSSR count). The van der Waals surface area contributed by atoms with Gasteiger partial charge in [-0.1, -0.05) is 36.7 Å². The Morgan fingerprint density at radius 1 is 1.38 bits per heavy atom. The lowest BCUT2D eigenvalue weighted by Crippen LogP contribution is -2.26. The van der Waals surface area contributed by atoms with E-state index in [-0.39, 0.29) is 17.2 Å². The molecular weight excluding hydrogens is 270 g/mol. The van der Waals surface area contributed by atoms with E-state index in [1.807, 2.05) is 26.8 Å². The SMILES string of the molecule is COc1ccc(Br)c([C@H](N)C(C)(C)C)c1O. The van der Waals surface area contributed by atoms with Gasteiger partial charge < -0.3 is 15.6 Å². The van der Waals surface area contributed by atoms with E-state index < -0.39 is 0 Å². The molecule has 1 atom stereocenters. The molecule has 0 aromatic heterocycles. The fourth-order valence-electron chi connectivity index (χ4n) is 1.46. The first-order valence-corrected chi connectivity index (χ1v) is 5.89. The maximum absolute atomic E-state index is 10.1. The summed E-state index contributed by atoms with van der Waals surface area (Å²) in [6.07, 6.45) is 0. The lowest BCUT2D eigenvalue weighted by atomic mass is 9.82. The smallest absolute Gasteiger partial charge is 0.163 e. The summed E-state index contributed by atoms with van der Waals surface area (Å²) < 4.78 is 5.88. The highest BCUT2D eigenvalue weighted by atomic mass is 79.9. The zero-order chi connectivity index (χ0) is 12.5. The third-order valence-electron chi connectivity index (χ3n) is 2.59. The molecule has 1 aromatic rings. The fourth-order valence-corrected chi connectivity index (χ4v) is 2.02. The molecule has 90 valence electrons. The maximum Gasteiger partial charge on any atom is 0.163 e. The standard InChI is InChI=1S/C12H18BrNO2/c1-12(2,3)11(14)9-7(13)5-6-8(16-4)10(9)15/h5-6,11,15H,14H2,1-4H3/t11-/m0/s1. The van der Waals surface area contributed by atoms with Crippen LogP contribution in [0.1, 0.15) is 32.4 Å². The van der Waals surface area contributed by atoms with Crippen LogP contribution in [-0.2, 0) is 0 Å². The second kappa shape index (κ2) is 4.63. The molecule has 0 spiro atoms. The fraction of sp³-hybridized carbons (Fsp3) is 0.500. The second-order valence-electron chi connectivity index (χ2n) is 4.86. The number of ether oxygens (including phenoxy) is 1. The predicted octanol–water partition coefficient (Wildman–Crippen LogP) is 3.21. The molecule has 0 saturated carbocycles. The number of rotatable bonds is 2. The number of nitrogens with two attached hydrogens (primary N) is 1. The van der Waals surface area contributed by atoms with Gasteiger partial charge in [0.1, 0.15) is 0 Å². The molecule has 0 aliphatic carbocycles. The quantitative estimate of drug-likeness (QED) is 0.878. The van der Waals surface area contributed by atoms with E-state index in [4.69, 9.17) is 10.5 Å². The zero-order valence-corrected chi connectivity index (χ0v) is 11.6. The van der Waals surface area contributed by atoms with Gasteiger partial charge in [0.2, 0.25) is 0 Å². The largest absolute Gasteiger partial charge is 0.504 e. The molecule has 0 unspecified atom stereocenters. The summed E-state index contributed by atoms with van der Waals surface area (Å²) in [7, 11) is 1.52. The van der Waals surface area contributed by atoms with Crippen molar-refractivity contribution in [1.29, 1.82) is 0 Å². The van der Waals surface area contributed by atoms with E-state index in [9.17, 15) is 5.11 Å². The molecule has 0 saturated heterocycles. The van der Waals surface area contributed by atoms with E-state index in [0.717, 1.165) is 4.47 Å². The van der Waals surface area contributed by atoms with Crippen LogP contribution in [0.2, 0.25) is 0 Å². The van der Waals surface area contributed by atoms with Crippen molar-refractivity contribution < 1.29 is 9.84 Å². The molecule has 4 heteroatoms. The number of hydrogen-bond donors (Lipinski definition) is 2. The van der Waals surface area contributed by atoms with Crippen molar-refractivity contribution in [1.82, 2.24) is 0 Å². The summed E-state index contributed by atoms with van der Waals surface area (Å²) in [5, 5.41) is 10.1. The Bertz CT molecular complexity index is 385. The monoisotopic (exact) mass is 287 g/mol. The lowest BCUT2D eigenvalue weighted by Gasteiger charge is -2.29. The molecule has 3 nitrogen and oxygen atoms in total. The number of phenols is 1. The first-order chi connectivity index (χ1) is 7.29. The highest BCUT2D eigenvalue weighted by Crippen LogP contribution is 2.43. The van der Waals surface area contributed by atoms with Gasteiger partial charge in [-0.05, 0) is 17.5 Å². The summed E-state index contributed by atoms with van der Waals surface area (Å²) in [6, 6.07) is 3.27. The maximum atomic E-state index is 10.1. The first-order valence-electron chi connectivity index (χ1n) is 5.10. The summed E-state index contributed by atoms with van der Waals surface area (Å²) in [5.41, 5.74) is 6.71. The average Bonchev–Trinajstić information content (AvgIpc) is 2.16. The van der Waals surface area contributed by atoms with Crippen molar-refractivity contribution in [3.63, 3.8) is 0 Å². The number of phenolic OH excluding ortho intramolecular Hbond substituents is 1. The molecule has 0 aliphatic rings. The van der Waals surface area contributed by atoms with E-state index in [2.05, 4.69) is 15.9 Å². The van der Waals surface area contributed by atoms with Crippen LogP contribution in [-0.4, -0.2) is 12.2 Å². The van der Waals surface area contributed by atoms with E-state index >= 15 is 0 Å². The van der Waals surface area contributed by atoms with E-state index in [0.29, 0.717) is 11.3 Å². The molecule has 0 radical (unpaired) electrons. The van der Waals surface area contributed by atoms with Crippen LogP contribution in [0, 0.1) is 5.41 Å². The molecular formula is C12H18BrNO2. The summed E-state index contributed by atoms with van der Waals surface area (Å²) >= 11 is 3.41. The highest BCUT2D eigenvalue weighted by molar-refractivity contribution is 9.10. The van der Waals surface area contributed by atoms with Crippen LogP contribution in [0.4, 0.5) is 0 Å². The molecule has 0 bridgehead atoms. The van der Waals surface area contributed by atoms with Crippen LogP contribution in [0.15, 0.2) is 16.6 Å². The minimum Gasteiger partial charge on any atom is -0.504 e. The van der Waals surface area contributed by atoms with Crippen molar-refractivity contribution >= 4 is 15.9 Å². The van der Waals surface area contributed by atoms with Gasteiger partial charge in [-0.2, -0.15) is 0 Å². The average molecular weight is 288 g/mol. The van der Waals surface area contributed by atoms with Gasteiger partial charge in [0.05, 0.1) is 7.11 Å². The van der Waals surface area contributed by atoms with Crippen LogP contribution in [0.25, 0.3) is 0 Å². The number of aromatic hydroxyl groups is 1. The van der Waals surface area contributed by atoms with E-state index in [1.165, 1.54) is 7.11 Å². The number of halogens is 1. The van der Waals surface area contributed by atoms with Crippen molar-refractivity contribution in [2.45, 2.75) is 26.8 Å². The van der Waals surface area contributed by atoms with Crippen molar-refractivity contribution in [3.05, 3.63) is 22.2 Å². The molecule has 0 fully saturated rings. The highest BCUT2D eigenvalue weighted by Gasteiger charge is 2.28. The van der Waals surface area contributed by atoms with Gasteiger partial charge in [-0.3, -0.25) is 0 Å². The molecule has 0 amide bonds. The van der Waals surface area contributed by atoms with Crippen LogP contribution in [0.5, 0.6) is 11.5 Å². The number of methoxy groups -OCH3 is 1. The Morgan fingerprint density at radius 2 is 1.94 bits per heavy atom. The van der Waals surface area contributed by atoms with Gasteiger partial charge >= 0.3 is 0 Å². The molecule has 3 N–H and O–H groups in total. The van der Waals surface area contributed by atoms with E-state index in [1.54, 1.807) is 6.07 Å². The molecule has 0 aliphatic heterocycles. The van der Waals surface area contributed by atoms with Crippen molar-refractivity contribution in [2.24, 2.45) is 11.1 Å². The Labute approximate surface area is 105 Å². The van der Waals surface area contributed by atoms with Crippen LogP contribution < -0.4 is 10.5 Å². The first kappa shape index (κ1) is 13.3. The second-order valence-corrected chi connectivity index (χ2v) is 5.71. The van der Waals surface area contributed by atoms with Crippen LogP contribution >= 0.6 is 15.9 Å².